The van der Waals surface area contributed by atoms with Gasteiger partial charge in [0.25, 0.3) is 0 Å². The molecule has 3 nitrogen and oxygen atoms in total. The molecule has 3 heteroatoms. The van der Waals surface area contributed by atoms with E-state index >= 15 is 0 Å². The molecule has 0 spiro atoms. The van der Waals surface area contributed by atoms with Gasteiger partial charge in [0, 0.05) is 12.5 Å². The Morgan fingerprint density at radius 2 is 1.80 bits per heavy atom. The van der Waals surface area contributed by atoms with Gasteiger partial charge in [-0.2, -0.15) is 0 Å². The third-order valence-electron chi connectivity index (χ3n) is 4.02. The number of methoxy groups -OCH3 is 1. The number of hydrogen-bond acceptors (Lipinski definition) is 2. The largest absolute Gasteiger partial charge is 0.497 e. The topological polar surface area (TPSA) is 38.3 Å². The van der Waals surface area contributed by atoms with Gasteiger partial charge in [0.15, 0.2) is 0 Å². The molecule has 110 valence electrons. The van der Waals surface area contributed by atoms with Gasteiger partial charge < -0.3 is 10.1 Å². The Morgan fingerprint density at radius 1 is 1.15 bits per heavy atom. The Morgan fingerprint density at radius 3 is 2.40 bits per heavy atom. The van der Waals surface area contributed by atoms with E-state index < -0.39 is 0 Å². The molecule has 0 bridgehead atoms. The van der Waals surface area contributed by atoms with Gasteiger partial charge in [0.05, 0.1) is 7.11 Å². The van der Waals surface area contributed by atoms with Gasteiger partial charge in [-0.3, -0.25) is 4.79 Å². The normalized spacial score (nSPS) is 16.4. The van der Waals surface area contributed by atoms with E-state index in [-0.39, 0.29) is 5.91 Å². The standard InChI is InChI=1S/C17H25NO2/c1-20-16-11-8-14(9-12-16)10-13-17(19)18-15-6-4-2-3-5-7-15/h8-9,11-12,15H,2-7,10,13H2,1H3,(H,18,19). The Kier molecular flexibility index (Phi) is 5.90. The molecule has 1 aromatic rings. The molecule has 2 rings (SSSR count). The average Bonchev–Trinajstić information content (AvgIpc) is 2.74. The lowest BCUT2D eigenvalue weighted by Crippen LogP contribution is -2.34. The number of amides is 1. The third kappa shape index (κ3) is 4.87. The van der Waals surface area contributed by atoms with Gasteiger partial charge in [-0.15, -0.1) is 0 Å². The minimum atomic E-state index is 0.188. The van der Waals surface area contributed by atoms with E-state index in [0.29, 0.717) is 12.5 Å². The molecule has 20 heavy (non-hydrogen) atoms. The van der Waals surface area contributed by atoms with E-state index in [1.165, 1.54) is 31.2 Å². The molecule has 0 radical (unpaired) electrons. The molecule has 0 unspecified atom stereocenters. The molecule has 0 atom stereocenters. The van der Waals surface area contributed by atoms with Crippen molar-refractivity contribution in [2.75, 3.05) is 7.11 Å². The fraction of sp³-hybridized carbons (Fsp3) is 0.588. The van der Waals surface area contributed by atoms with Crippen LogP contribution >= 0.6 is 0 Å². The van der Waals surface area contributed by atoms with Crippen LogP contribution in [0.4, 0.5) is 0 Å². The van der Waals surface area contributed by atoms with Crippen LogP contribution in [-0.2, 0) is 11.2 Å². The van der Waals surface area contributed by atoms with Crippen molar-refractivity contribution in [1.29, 1.82) is 0 Å². The molecule has 1 fully saturated rings. The van der Waals surface area contributed by atoms with Crippen LogP contribution in [0.5, 0.6) is 5.75 Å². The van der Waals surface area contributed by atoms with E-state index in [1.54, 1.807) is 7.11 Å². The highest BCUT2D eigenvalue weighted by Gasteiger charge is 2.14. The molecule has 0 heterocycles. The first-order chi connectivity index (χ1) is 9.78. The second-order valence-corrected chi connectivity index (χ2v) is 5.60. The van der Waals surface area contributed by atoms with Crippen LogP contribution in [0.25, 0.3) is 0 Å². The second kappa shape index (κ2) is 7.93. The van der Waals surface area contributed by atoms with E-state index in [4.69, 9.17) is 4.74 Å². The molecule has 1 aliphatic carbocycles. The average molecular weight is 275 g/mol. The smallest absolute Gasteiger partial charge is 0.220 e. The maximum absolute atomic E-state index is 12.0. The van der Waals surface area contributed by atoms with E-state index in [1.807, 2.05) is 24.3 Å². The molecule has 0 aromatic heterocycles. The highest BCUT2D eigenvalue weighted by molar-refractivity contribution is 5.76. The van der Waals surface area contributed by atoms with Crippen LogP contribution in [0.1, 0.15) is 50.5 Å². The summed E-state index contributed by atoms with van der Waals surface area (Å²) in [4.78, 5) is 12.0. The van der Waals surface area contributed by atoms with Crippen LogP contribution in [0.15, 0.2) is 24.3 Å². The summed E-state index contributed by atoms with van der Waals surface area (Å²) in [6.45, 7) is 0. The zero-order valence-corrected chi connectivity index (χ0v) is 12.4. The van der Waals surface area contributed by atoms with Crippen molar-refractivity contribution < 1.29 is 9.53 Å². The summed E-state index contributed by atoms with van der Waals surface area (Å²) in [6, 6.07) is 8.34. The minimum absolute atomic E-state index is 0.188. The number of aryl methyl sites for hydroxylation is 1. The van der Waals surface area contributed by atoms with Gasteiger partial charge in [0.1, 0.15) is 5.75 Å². The molecular formula is C17H25NO2. The van der Waals surface area contributed by atoms with Crippen molar-refractivity contribution >= 4 is 5.91 Å². The van der Waals surface area contributed by atoms with E-state index in [0.717, 1.165) is 25.0 Å². The summed E-state index contributed by atoms with van der Waals surface area (Å²) in [7, 11) is 1.66. The van der Waals surface area contributed by atoms with Crippen molar-refractivity contribution in [2.45, 2.75) is 57.4 Å². The number of rotatable bonds is 5. The number of carbonyl (C=O) groups is 1. The Labute approximate surface area is 121 Å². The number of benzene rings is 1. The maximum atomic E-state index is 12.0. The van der Waals surface area contributed by atoms with Gasteiger partial charge in [-0.25, -0.2) is 0 Å². The fourth-order valence-corrected chi connectivity index (χ4v) is 2.77. The molecule has 1 amide bonds. The lowest BCUT2D eigenvalue weighted by molar-refractivity contribution is -0.121. The van der Waals surface area contributed by atoms with Crippen molar-refractivity contribution in [1.82, 2.24) is 5.32 Å². The van der Waals surface area contributed by atoms with E-state index in [2.05, 4.69) is 5.32 Å². The van der Waals surface area contributed by atoms with Crippen molar-refractivity contribution in [3.05, 3.63) is 29.8 Å². The Bertz CT molecular complexity index is 406. The molecule has 1 N–H and O–H groups in total. The lowest BCUT2D eigenvalue weighted by Gasteiger charge is -2.16. The zero-order valence-electron chi connectivity index (χ0n) is 12.4. The summed E-state index contributed by atoms with van der Waals surface area (Å²) >= 11 is 0. The summed E-state index contributed by atoms with van der Waals surface area (Å²) in [6.07, 6.45) is 8.80. The van der Waals surface area contributed by atoms with Gasteiger partial charge >= 0.3 is 0 Å². The van der Waals surface area contributed by atoms with E-state index in [9.17, 15) is 4.79 Å². The summed E-state index contributed by atoms with van der Waals surface area (Å²) in [5, 5.41) is 3.19. The third-order valence-corrected chi connectivity index (χ3v) is 4.02. The quantitative estimate of drug-likeness (QED) is 0.836. The predicted octanol–water partition coefficient (Wildman–Crippen LogP) is 3.47. The zero-order chi connectivity index (χ0) is 14.2. The van der Waals surface area contributed by atoms with Gasteiger partial charge in [0.2, 0.25) is 5.91 Å². The second-order valence-electron chi connectivity index (χ2n) is 5.60. The number of carbonyl (C=O) groups excluding carboxylic acids is 1. The first kappa shape index (κ1) is 14.9. The maximum Gasteiger partial charge on any atom is 0.220 e. The van der Waals surface area contributed by atoms with Crippen molar-refractivity contribution in [3.8, 4) is 5.75 Å². The van der Waals surface area contributed by atoms with Crippen LogP contribution in [0.3, 0.4) is 0 Å². The monoisotopic (exact) mass is 275 g/mol. The highest BCUT2D eigenvalue weighted by atomic mass is 16.5. The molecule has 1 aromatic carbocycles. The fourth-order valence-electron chi connectivity index (χ4n) is 2.77. The number of hydrogen-bond donors (Lipinski definition) is 1. The lowest BCUT2D eigenvalue weighted by atomic mass is 10.1. The molecule has 0 aliphatic heterocycles. The van der Waals surface area contributed by atoms with Crippen LogP contribution in [0, 0.1) is 0 Å². The number of nitrogens with one attached hydrogen (secondary N) is 1. The summed E-state index contributed by atoms with van der Waals surface area (Å²) in [5.41, 5.74) is 1.18. The van der Waals surface area contributed by atoms with Crippen LogP contribution in [-0.4, -0.2) is 19.1 Å². The van der Waals surface area contributed by atoms with Gasteiger partial charge in [-0.1, -0.05) is 37.8 Å². The highest BCUT2D eigenvalue weighted by Crippen LogP contribution is 2.17. The molecule has 1 aliphatic rings. The van der Waals surface area contributed by atoms with Gasteiger partial charge in [-0.05, 0) is 37.0 Å². The first-order valence-electron chi connectivity index (χ1n) is 7.70. The first-order valence-corrected chi connectivity index (χ1v) is 7.70. The van der Waals surface area contributed by atoms with Crippen molar-refractivity contribution in [2.24, 2.45) is 0 Å². The molecule has 0 saturated heterocycles. The Hall–Kier alpha value is -1.51. The van der Waals surface area contributed by atoms with Crippen molar-refractivity contribution in [3.63, 3.8) is 0 Å². The minimum Gasteiger partial charge on any atom is -0.497 e. The predicted molar refractivity (Wildman–Crippen MR) is 80.9 cm³/mol. The molecule has 1 saturated carbocycles. The van der Waals surface area contributed by atoms with Crippen LogP contribution in [0.2, 0.25) is 0 Å². The Balaban J connectivity index is 1.73. The number of ether oxygens (including phenoxy) is 1. The summed E-state index contributed by atoms with van der Waals surface area (Å²) < 4.78 is 5.13. The summed E-state index contributed by atoms with van der Waals surface area (Å²) in [5.74, 6) is 1.05. The SMILES string of the molecule is COc1ccc(CCC(=O)NC2CCCCCC2)cc1. The molecular weight excluding hydrogens is 250 g/mol. The van der Waals surface area contributed by atoms with Crippen LogP contribution < -0.4 is 10.1 Å².